The van der Waals surface area contributed by atoms with Gasteiger partial charge in [0.05, 0.1) is 16.4 Å². The van der Waals surface area contributed by atoms with Gasteiger partial charge in [-0.3, -0.25) is 0 Å². The fourth-order valence-electron chi connectivity index (χ4n) is 1.55. The largest absolute Gasteiger partial charge is 0.397 e. The maximum absolute atomic E-state index is 6.06. The van der Waals surface area contributed by atoms with Crippen molar-refractivity contribution in [1.82, 2.24) is 0 Å². The molecule has 0 bridgehead atoms. The highest BCUT2D eigenvalue weighted by Gasteiger charge is 2.07. The molecular weight excluding hydrogens is 208 g/mol. The number of anilines is 2. The molecule has 3 heteroatoms. The average molecular weight is 227 g/mol. The third-order valence-corrected chi connectivity index (χ3v) is 3.08. The Morgan fingerprint density at radius 1 is 1.33 bits per heavy atom. The quantitative estimate of drug-likeness (QED) is 0.751. The van der Waals surface area contributed by atoms with Crippen molar-refractivity contribution in [2.75, 3.05) is 17.6 Å². The summed E-state index contributed by atoms with van der Waals surface area (Å²) in [7, 11) is 0. The summed E-state index contributed by atoms with van der Waals surface area (Å²) in [6.45, 7) is 5.33. The molecule has 0 spiro atoms. The van der Waals surface area contributed by atoms with Crippen LogP contribution >= 0.6 is 11.6 Å². The smallest absolute Gasteiger partial charge is 0.0763 e. The molecular formula is C12H19ClN2. The van der Waals surface area contributed by atoms with E-state index in [0.29, 0.717) is 16.6 Å². The van der Waals surface area contributed by atoms with Crippen molar-refractivity contribution in [3.05, 3.63) is 23.2 Å². The molecule has 2 nitrogen and oxygen atoms in total. The van der Waals surface area contributed by atoms with Gasteiger partial charge >= 0.3 is 0 Å². The van der Waals surface area contributed by atoms with E-state index < -0.39 is 0 Å². The van der Waals surface area contributed by atoms with Gasteiger partial charge in [-0.05, 0) is 18.1 Å². The summed E-state index contributed by atoms with van der Waals surface area (Å²) in [6.07, 6.45) is 2.35. The second kappa shape index (κ2) is 5.86. The van der Waals surface area contributed by atoms with E-state index in [0.717, 1.165) is 12.2 Å². The van der Waals surface area contributed by atoms with Crippen molar-refractivity contribution in [2.45, 2.75) is 26.7 Å². The minimum atomic E-state index is 0.681. The molecule has 0 saturated heterocycles. The number of hydrogen-bond acceptors (Lipinski definition) is 2. The van der Waals surface area contributed by atoms with Crippen molar-refractivity contribution in [3.63, 3.8) is 0 Å². The van der Waals surface area contributed by atoms with Crippen molar-refractivity contribution >= 4 is 23.0 Å². The summed E-state index contributed by atoms with van der Waals surface area (Å²) < 4.78 is 0. The maximum Gasteiger partial charge on any atom is 0.0763 e. The van der Waals surface area contributed by atoms with E-state index in [1.165, 1.54) is 12.8 Å². The Morgan fingerprint density at radius 2 is 2.00 bits per heavy atom. The van der Waals surface area contributed by atoms with Crippen LogP contribution < -0.4 is 11.1 Å². The van der Waals surface area contributed by atoms with Gasteiger partial charge in [0.15, 0.2) is 0 Å². The van der Waals surface area contributed by atoms with Gasteiger partial charge in [0.2, 0.25) is 0 Å². The highest BCUT2D eigenvalue weighted by Crippen LogP contribution is 2.28. The Kier molecular flexibility index (Phi) is 4.76. The SMILES string of the molecule is CCC(CC)CNc1c(N)cccc1Cl. The molecule has 1 aromatic rings. The van der Waals surface area contributed by atoms with Crippen molar-refractivity contribution in [2.24, 2.45) is 5.92 Å². The first-order valence-electron chi connectivity index (χ1n) is 5.46. The number of para-hydroxylation sites is 1. The van der Waals surface area contributed by atoms with Gasteiger partial charge < -0.3 is 11.1 Å². The second-order valence-electron chi connectivity index (χ2n) is 3.77. The van der Waals surface area contributed by atoms with E-state index in [9.17, 15) is 0 Å². The standard InChI is InChI=1S/C12H19ClN2/c1-3-9(4-2)8-15-12-10(13)6-5-7-11(12)14/h5-7,9,15H,3-4,8,14H2,1-2H3. The molecule has 84 valence electrons. The summed E-state index contributed by atoms with van der Waals surface area (Å²) in [5.74, 6) is 0.681. The highest BCUT2D eigenvalue weighted by atomic mass is 35.5. The molecule has 15 heavy (non-hydrogen) atoms. The predicted molar refractivity (Wildman–Crippen MR) is 68.4 cm³/mol. The minimum Gasteiger partial charge on any atom is -0.397 e. The summed E-state index contributed by atoms with van der Waals surface area (Å²) in [4.78, 5) is 0. The molecule has 1 aromatic carbocycles. The first-order chi connectivity index (χ1) is 7.19. The third-order valence-electron chi connectivity index (χ3n) is 2.77. The molecule has 0 fully saturated rings. The molecule has 0 amide bonds. The van der Waals surface area contributed by atoms with E-state index in [2.05, 4.69) is 19.2 Å². The summed E-state index contributed by atoms with van der Waals surface area (Å²) >= 11 is 6.06. The molecule has 3 N–H and O–H groups in total. The van der Waals surface area contributed by atoms with Crippen LogP contribution in [0.15, 0.2) is 18.2 Å². The lowest BCUT2D eigenvalue weighted by Gasteiger charge is -2.16. The normalized spacial score (nSPS) is 10.7. The first kappa shape index (κ1) is 12.2. The summed E-state index contributed by atoms with van der Waals surface area (Å²) in [5.41, 5.74) is 7.43. The number of benzene rings is 1. The van der Waals surface area contributed by atoms with E-state index in [4.69, 9.17) is 17.3 Å². The number of rotatable bonds is 5. The number of hydrogen-bond donors (Lipinski definition) is 2. The molecule has 0 aliphatic heterocycles. The molecule has 0 aliphatic rings. The molecule has 0 heterocycles. The lowest BCUT2D eigenvalue weighted by atomic mass is 10.0. The number of nitrogens with two attached hydrogens (primary N) is 1. The minimum absolute atomic E-state index is 0.681. The molecule has 0 atom stereocenters. The van der Waals surface area contributed by atoms with Crippen molar-refractivity contribution in [1.29, 1.82) is 0 Å². The Morgan fingerprint density at radius 3 is 2.53 bits per heavy atom. The van der Waals surface area contributed by atoms with Crippen LogP contribution in [0.5, 0.6) is 0 Å². The Balaban J connectivity index is 2.64. The average Bonchev–Trinajstić information content (AvgIpc) is 2.23. The highest BCUT2D eigenvalue weighted by molar-refractivity contribution is 6.33. The summed E-state index contributed by atoms with van der Waals surface area (Å²) in [6, 6.07) is 5.58. The molecule has 0 radical (unpaired) electrons. The van der Waals surface area contributed by atoms with Gasteiger partial charge in [0.25, 0.3) is 0 Å². The summed E-state index contributed by atoms with van der Waals surface area (Å²) in [5, 5.41) is 4.02. The van der Waals surface area contributed by atoms with Crippen LogP contribution in [0.4, 0.5) is 11.4 Å². The Hall–Kier alpha value is -0.890. The number of halogens is 1. The first-order valence-corrected chi connectivity index (χ1v) is 5.84. The van der Waals surface area contributed by atoms with Crippen LogP contribution in [-0.2, 0) is 0 Å². The van der Waals surface area contributed by atoms with Gasteiger partial charge in [-0.1, -0.05) is 44.4 Å². The van der Waals surface area contributed by atoms with Gasteiger partial charge in [0, 0.05) is 6.54 Å². The van der Waals surface area contributed by atoms with Crippen LogP contribution in [0.1, 0.15) is 26.7 Å². The molecule has 0 unspecified atom stereocenters. The van der Waals surface area contributed by atoms with E-state index >= 15 is 0 Å². The Labute approximate surface area is 96.8 Å². The van der Waals surface area contributed by atoms with Gasteiger partial charge in [0.1, 0.15) is 0 Å². The molecule has 0 aliphatic carbocycles. The lowest BCUT2D eigenvalue weighted by molar-refractivity contribution is 0.519. The fraction of sp³-hybridized carbons (Fsp3) is 0.500. The van der Waals surface area contributed by atoms with E-state index in [-0.39, 0.29) is 0 Å². The maximum atomic E-state index is 6.06. The molecule has 0 saturated carbocycles. The second-order valence-corrected chi connectivity index (χ2v) is 4.17. The molecule has 1 rings (SSSR count). The van der Waals surface area contributed by atoms with Crippen LogP contribution in [0, 0.1) is 5.92 Å². The van der Waals surface area contributed by atoms with Crippen LogP contribution in [0.3, 0.4) is 0 Å². The monoisotopic (exact) mass is 226 g/mol. The Bertz CT molecular complexity index is 288. The fourth-order valence-corrected chi connectivity index (χ4v) is 1.80. The van der Waals surface area contributed by atoms with Crippen molar-refractivity contribution < 1.29 is 0 Å². The zero-order valence-electron chi connectivity index (χ0n) is 9.39. The van der Waals surface area contributed by atoms with Crippen LogP contribution in [0.2, 0.25) is 5.02 Å². The number of nitrogen functional groups attached to an aromatic ring is 1. The van der Waals surface area contributed by atoms with Crippen LogP contribution in [0.25, 0.3) is 0 Å². The van der Waals surface area contributed by atoms with Crippen molar-refractivity contribution in [3.8, 4) is 0 Å². The zero-order valence-corrected chi connectivity index (χ0v) is 10.1. The van der Waals surface area contributed by atoms with Gasteiger partial charge in [-0.25, -0.2) is 0 Å². The van der Waals surface area contributed by atoms with Crippen LogP contribution in [-0.4, -0.2) is 6.54 Å². The zero-order chi connectivity index (χ0) is 11.3. The molecule has 0 aromatic heterocycles. The lowest BCUT2D eigenvalue weighted by Crippen LogP contribution is -2.13. The van der Waals surface area contributed by atoms with Gasteiger partial charge in [-0.2, -0.15) is 0 Å². The van der Waals surface area contributed by atoms with E-state index in [1.54, 1.807) is 0 Å². The topological polar surface area (TPSA) is 38.0 Å². The third kappa shape index (κ3) is 3.31. The predicted octanol–water partition coefficient (Wildman–Crippen LogP) is 3.77. The van der Waals surface area contributed by atoms with Gasteiger partial charge in [-0.15, -0.1) is 0 Å². The number of nitrogens with one attached hydrogen (secondary N) is 1. The van der Waals surface area contributed by atoms with E-state index in [1.807, 2.05) is 18.2 Å².